The van der Waals surface area contributed by atoms with Crippen LogP contribution in [0.1, 0.15) is 56.3 Å². The molecular formula is C17H23N3O. The van der Waals surface area contributed by atoms with E-state index in [-0.39, 0.29) is 5.91 Å². The van der Waals surface area contributed by atoms with Gasteiger partial charge in [0, 0.05) is 25.9 Å². The highest BCUT2D eigenvalue weighted by molar-refractivity contribution is 5.78. The number of nitrogens with zero attached hydrogens (tertiary/aromatic N) is 2. The van der Waals surface area contributed by atoms with E-state index in [0.29, 0.717) is 18.9 Å². The molecule has 1 aliphatic carbocycles. The van der Waals surface area contributed by atoms with Gasteiger partial charge in [0.25, 0.3) is 0 Å². The van der Waals surface area contributed by atoms with E-state index in [1.165, 1.54) is 24.2 Å². The molecule has 1 fully saturated rings. The molecule has 0 aliphatic heterocycles. The van der Waals surface area contributed by atoms with Crippen LogP contribution in [0.25, 0.3) is 11.0 Å². The normalized spacial score (nSPS) is 14.6. The van der Waals surface area contributed by atoms with Crippen molar-refractivity contribution in [1.82, 2.24) is 14.9 Å². The summed E-state index contributed by atoms with van der Waals surface area (Å²) < 4.78 is 2.20. The van der Waals surface area contributed by atoms with E-state index in [1.807, 2.05) is 0 Å². The zero-order chi connectivity index (χ0) is 14.8. The first kappa shape index (κ1) is 14.1. The van der Waals surface area contributed by atoms with Crippen molar-refractivity contribution in [1.29, 1.82) is 0 Å². The van der Waals surface area contributed by atoms with Crippen LogP contribution >= 0.6 is 0 Å². The van der Waals surface area contributed by atoms with Gasteiger partial charge in [-0.2, -0.15) is 0 Å². The van der Waals surface area contributed by atoms with Crippen LogP contribution < -0.4 is 5.32 Å². The van der Waals surface area contributed by atoms with Gasteiger partial charge in [0.2, 0.25) is 5.91 Å². The number of amides is 1. The van der Waals surface area contributed by atoms with E-state index in [9.17, 15) is 4.79 Å². The summed E-state index contributed by atoms with van der Waals surface area (Å²) in [4.78, 5) is 16.4. The van der Waals surface area contributed by atoms with Gasteiger partial charge in [0.15, 0.2) is 0 Å². The Morgan fingerprint density at radius 3 is 2.95 bits per heavy atom. The monoisotopic (exact) mass is 285 g/mol. The molecule has 1 N–H and O–H groups in total. The number of rotatable bonds is 6. The molecule has 4 nitrogen and oxygen atoms in total. The van der Waals surface area contributed by atoms with Crippen molar-refractivity contribution in [3.8, 4) is 0 Å². The number of carbonyl (C=O) groups is 1. The van der Waals surface area contributed by atoms with Crippen LogP contribution in [-0.4, -0.2) is 15.5 Å². The predicted molar refractivity (Wildman–Crippen MR) is 84.1 cm³/mol. The molecule has 1 heterocycles. The molecule has 1 amide bonds. The molecule has 0 atom stereocenters. The molecule has 112 valence electrons. The lowest BCUT2D eigenvalue weighted by Gasteiger charge is -2.05. The molecule has 1 aromatic heterocycles. The summed E-state index contributed by atoms with van der Waals surface area (Å²) in [5.41, 5.74) is 3.34. The van der Waals surface area contributed by atoms with Crippen LogP contribution in [0.3, 0.4) is 0 Å². The molecule has 0 radical (unpaired) electrons. The smallest absolute Gasteiger partial charge is 0.220 e. The van der Waals surface area contributed by atoms with Gasteiger partial charge < -0.3 is 9.88 Å². The van der Waals surface area contributed by atoms with Crippen LogP contribution in [0, 0.1) is 0 Å². The van der Waals surface area contributed by atoms with E-state index < -0.39 is 0 Å². The molecule has 3 rings (SSSR count). The zero-order valence-electron chi connectivity index (χ0n) is 12.9. The van der Waals surface area contributed by atoms with Crippen molar-refractivity contribution >= 4 is 16.9 Å². The van der Waals surface area contributed by atoms with E-state index >= 15 is 0 Å². The van der Waals surface area contributed by atoms with Crippen LogP contribution in [0.4, 0.5) is 0 Å². The Labute approximate surface area is 125 Å². The average molecular weight is 285 g/mol. The Morgan fingerprint density at radius 1 is 1.43 bits per heavy atom. The number of nitrogens with one attached hydrogen (secondary N) is 1. The summed E-state index contributed by atoms with van der Waals surface area (Å²) in [6, 6.07) is 6.30. The van der Waals surface area contributed by atoms with E-state index in [2.05, 4.69) is 42.1 Å². The molecule has 1 aliphatic rings. The lowest BCUT2D eigenvalue weighted by Crippen LogP contribution is -2.22. The Balaban J connectivity index is 1.70. The van der Waals surface area contributed by atoms with Crippen molar-refractivity contribution in [3.05, 3.63) is 29.6 Å². The Bertz CT molecular complexity index is 655. The lowest BCUT2D eigenvalue weighted by molar-refractivity contribution is -0.121. The second-order valence-corrected chi connectivity index (χ2v) is 6.01. The molecule has 2 aromatic rings. The van der Waals surface area contributed by atoms with Crippen molar-refractivity contribution < 1.29 is 4.79 Å². The third-order valence-electron chi connectivity index (χ3n) is 4.17. The van der Waals surface area contributed by atoms with E-state index in [1.54, 1.807) is 0 Å². The van der Waals surface area contributed by atoms with Gasteiger partial charge >= 0.3 is 0 Å². The Kier molecular flexibility index (Phi) is 3.95. The van der Waals surface area contributed by atoms with Gasteiger partial charge in [0.1, 0.15) is 5.82 Å². The maximum absolute atomic E-state index is 11.7. The Morgan fingerprint density at radius 2 is 2.24 bits per heavy atom. The lowest BCUT2D eigenvalue weighted by atomic mass is 10.2. The van der Waals surface area contributed by atoms with Gasteiger partial charge in [-0.25, -0.2) is 4.98 Å². The molecule has 0 saturated heterocycles. The summed E-state index contributed by atoms with van der Waals surface area (Å²) in [5.74, 6) is 1.99. The van der Waals surface area contributed by atoms with Crippen molar-refractivity contribution in [2.45, 2.75) is 51.5 Å². The second-order valence-electron chi connectivity index (χ2n) is 6.01. The number of fused-ring (bicyclic) bond motifs is 1. The average Bonchev–Trinajstić information content (AvgIpc) is 3.28. The minimum atomic E-state index is 0.136. The summed E-state index contributed by atoms with van der Waals surface area (Å²) in [7, 11) is 2.09. The quantitative estimate of drug-likeness (QED) is 0.885. The van der Waals surface area contributed by atoms with Crippen LogP contribution in [0.2, 0.25) is 0 Å². The first-order valence-corrected chi connectivity index (χ1v) is 7.91. The summed E-state index contributed by atoms with van der Waals surface area (Å²) in [6.07, 6.45) is 5.15. The standard InChI is InChI=1S/C17H23N3O/c1-3-4-5-16(21)18-11-12-6-9-15-14(10-12)19-17(20(15)2)13-7-8-13/h6,9-10,13H,3-5,7-8,11H2,1-2H3,(H,18,21). The van der Waals surface area contributed by atoms with Crippen molar-refractivity contribution in [2.24, 2.45) is 7.05 Å². The number of aryl methyl sites for hydroxylation is 1. The first-order valence-electron chi connectivity index (χ1n) is 7.91. The molecule has 0 bridgehead atoms. The van der Waals surface area contributed by atoms with Gasteiger partial charge in [-0.05, 0) is 37.0 Å². The van der Waals surface area contributed by atoms with Crippen LogP contribution in [0.15, 0.2) is 18.2 Å². The van der Waals surface area contributed by atoms with Crippen molar-refractivity contribution in [3.63, 3.8) is 0 Å². The number of benzene rings is 1. The summed E-state index contributed by atoms with van der Waals surface area (Å²) in [6.45, 7) is 2.69. The SMILES string of the molecule is CCCCC(=O)NCc1ccc2c(c1)nc(C1CC1)n2C. The number of hydrogen-bond acceptors (Lipinski definition) is 2. The Hall–Kier alpha value is -1.84. The molecular weight excluding hydrogens is 262 g/mol. The second kappa shape index (κ2) is 5.88. The molecule has 0 spiro atoms. The molecule has 4 heteroatoms. The highest BCUT2D eigenvalue weighted by Gasteiger charge is 2.28. The molecule has 0 unspecified atom stereocenters. The van der Waals surface area contributed by atoms with Gasteiger partial charge in [-0.3, -0.25) is 4.79 Å². The number of imidazole rings is 1. The number of carbonyl (C=O) groups excluding carboxylic acids is 1. The minimum Gasteiger partial charge on any atom is -0.352 e. The maximum Gasteiger partial charge on any atom is 0.220 e. The van der Waals surface area contributed by atoms with Gasteiger partial charge in [-0.15, -0.1) is 0 Å². The number of unbranched alkanes of at least 4 members (excludes halogenated alkanes) is 1. The van der Waals surface area contributed by atoms with E-state index in [0.717, 1.165) is 23.9 Å². The fourth-order valence-electron chi connectivity index (χ4n) is 2.71. The van der Waals surface area contributed by atoms with Crippen LogP contribution in [-0.2, 0) is 18.4 Å². The topological polar surface area (TPSA) is 46.9 Å². The fraction of sp³-hybridized carbons (Fsp3) is 0.529. The minimum absolute atomic E-state index is 0.136. The first-order chi connectivity index (χ1) is 10.2. The fourth-order valence-corrected chi connectivity index (χ4v) is 2.71. The largest absolute Gasteiger partial charge is 0.352 e. The maximum atomic E-state index is 11.7. The number of hydrogen-bond donors (Lipinski definition) is 1. The van der Waals surface area contributed by atoms with Crippen molar-refractivity contribution in [2.75, 3.05) is 0 Å². The number of aromatic nitrogens is 2. The molecule has 21 heavy (non-hydrogen) atoms. The zero-order valence-corrected chi connectivity index (χ0v) is 12.9. The molecule has 1 saturated carbocycles. The summed E-state index contributed by atoms with van der Waals surface area (Å²) in [5, 5.41) is 2.98. The van der Waals surface area contributed by atoms with E-state index in [4.69, 9.17) is 4.98 Å². The third-order valence-corrected chi connectivity index (χ3v) is 4.17. The highest BCUT2D eigenvalue weighted by Crippen LogP contribution is 2.40. The summed E-state index contributed by atoms with van der Waals surface area (Å²) >= 11 is 0. The predicted octanol–water partition coefficient (Wildman–Crippen LogP) is 3.26. The van der Waals surface area contributed by atoms with Gasteiger partial charge in [0.05, 0.1) is 11.0 Å². The van der Waals surface area contributed by atoms with Gasteiger partial charge in [-0.1, -0.05) is 19.4 Å². The van der Waals surface area contributed by atoms with Crippen LogP contribution in [0.5, 0.6) is 0 Å². The highest BCUT2D eigenvalue weighted by atomic mass is 16.1. The third kappa shape index (κ3) is 3.09. The molecule has 1 aromatic carbocycles.